The third kappa shape index (κ3) is 4.52. The standard InChI is InChI=1S/C15H32N2O/c1-6-8-16-13(3)15(4,5)11-17-9-7-14(10-17)12(2)18/h12-14,16,18H,6-11H2,1-5H3. The molecule has 1 rings (SSSR count). The maximum Gasteiger partial charge on any atom is 0.0552 e. The van der Waals surface area contributed by atoms with E-state index >= 15 is 0 Å². The summed E-state index contributed by atoms with van der Waals surface area (Å²) in [5.41, 5.74) is 0.281. The SMILES string of the molecule is CCCNC(C)C(C)(C)CN1CCC(C(C)O)C1. The minimum atomic E-state index is -0.159. The van der Waals surface area contributed by atoms with Crippen LogP contribution in [0.4, 0.5) is 0 Å². The molecule has 108 valence electrons. The molecule has 0 bridgehead atoms. The predicted octanol–water partition coefficient (Wildman–Crippen LogP) is 2.10. The van der Waals surface area contributed by atoms with Crippen LogP contribution in [0.2, 0.25) is 0 Å². The summed E-state index contributed by atoms with van der Waals surface area (Å²) < 4.78 is 0. The van der Waals surface area contributed by atoms with Crippen molar-refractivity contribution in [1.82, 2.24) is 10.2 Å². The van der Waals surface area contributed by atoms with Crippen LogP contribution < -0.4 is 5.32 Å². The first-order chi connectivity index (χ1) is 8.36. The molecule has 2 N–H and O–H groups in total. The maximum atomic E-state index is 9.65. The Kier molecular flexibility index (Phi) is 6.09. The molecule has 3 heteroatoms. The molecule has 1 heterocycles. The Labute approximate surface area is 113 Å². The Balaban J connectivity index is 2.41. The van der Waals surface area contributed by atoms with Crippen LogP contribution in [-0.4, -0.2) is 48.3 Å². The van der Waals surface area contributed by atoms with Gasteiger partial charge in [0.2, 0.25) is 0 Å². The summed E-state index contributed by atoms with van der Waals surface area (Å²) in [6, 6.07) is 0.531. The summed E-state index contributed by atoms with van der Waals surface area (Å²) in [5.74, 6) is 0.472. The Morgan fingerprint density at radius 2 is 2.06 bits per heavy atom. The van der Waals surface area contributed by atoms with Gasteiger partial charge in [0, 0.05) is 19.1 Å². The van der Waals surface area contributed by atoms with Gasteiger partial charge in [-0.3, -0.25) is 0 Å². The molecule has 0 saturated carbocycles. The second-order valence-electron chi connectivity index (χ2n) is 6.69. The maximum absolute atomic E-state index is 9.65. The highest BCUT2D eigenvalue weighted by molar-refractivity contribution is 4.87. The summed E-state index contributed by atoms with van der Waals surface area (Å²) in [6.45, 7) is 15.5. The van der Waals surface area contributed by atoms with Crippen LogP contribution in [0.5, 0.6) is 0 Å². The van der Waals surface area contributed by atoms with Crippen molar-refractivity contribution in [3.05, 3.63) is 0 Å². The molecule has 18 heavy (non-hydrogen) atoms. The zero-order valence-corrected chi connectivity index (χ0v) is 12.9. The molecule has 3 nitrogen and oxygen atoms in total. The molecular formula is C15H32N2O. The third-order valence-corrected chi connectivity index (χ3v) is 4.49. The van der Waals surface area contributed by atoms with E-state index in [0.717, 1.165) is 32.6 Å². The highest BCUT2D eigenvalue weighted by atomic mass is 16.3. The van der Waals surface area contributed by atoms with E-state index in [1.807, 2.05) is 6.92 Å². The van der Waals surface area contributed by atoms with E-state index in [-0.39, 0.29) is 11.5 Å². The van der Waals surface area contributed by atoms with Gasteiger partial charge in [-0.15, -0.1) is 0 Å². The van der Waals surface area contributed by atoms with E-state index in [1.165, 1.54) is 6.42 Å². The largest absolute Gasteiger partial charge is 0.393 e. The molecule has 1 aliphatic heterocycles. The van der Waals surface area contributed by atoms with Crippen LogP contribution in [0.1, 0.15) is 47.5 Å². The quantitative estimate of drug-likeness (QED) is 0.732. The molecule has 0 aromatic rings. The lowest BCUT2D eigenvalue weighted by Gasteiger charge is -2.36. The lowest BCUT2D eigenvalue weighted by atomic mass is 9.84. The van der Waals surface area contributed by atoms with E-state index < -0.39 is 0 Å². The van der Waals surface area contributed by atoms with Gasteiger partial charge in [-0.25, -0.2) is 0 Å². The molecule has 0 aromatic carbocycles. The Morgan fingerprint density at radius 3 is 2.56 bits per heavy atom. The number of nitrogens with one attached hydrogen (secondary N) is 1. The van der Waals surface area contributed by atoms with Crippen LogP contribution in [0.15, 0.2) is 0 Å². The lowest BCUT2D eigenvalue weighted by molar-refractivity contribution is 0.115. The number of hydrogen-bond acceptors (Lipinski definition) is 3. The summed E-state index contributed by atoms with van der Waals surface area (Å²) >= 11 is 0. The van der Waals surface area contributed by atoms with Crippen LogP contribution in [-0.2, 0) is 0 Å². The van der Waals surface area contributed by atoms with Crippen molar-refractivity contribution in [2.45, 2.75) is 59.6 Å². The molecule has 3 unspecified atom stereocenters. The normalized spacial score (nSPS) is 25.3. The number of aliphatic hydroxyl groups excluding tert-OH is 1. The van der Waals surface area contributed by atoms with Crippen molar-refractivity contribution in [2.75, 3.05) is 26.2 Å². The van der Waals surface area contributed by atoms with Crippen LogP contribution >= 0.6 is 0 Å². The minimum absolute atomic E-state index is 0.159. The van der Waals surface area contributed by atoms with E-state index in [4.69, 9.17) is 0 Å². The second kappa shape index (κ2) is 6.88. The highest BCUT2D eigenvalue weighted by Gasteiger charge is 2.32. The van der Waals surface area contributed by atoms with Crippen LogP contribution in [0.3, 0.4) is 0 Å². The smallest absolute Gasteiger partial charge is 0.0552 e. The highest BCUT2D eigenvalue weighted by Crippen LogP contribution is 2.27. The van der Waals surface area contributed by atoms with E-state index in [2.05, 4.69) is 37.9 Å². The van der Waals surface area contributed by atoms with Gasteiger partial charge in [0.25, 0.3) is 0 Å². The monoisotopic (exact) mass is 256 g/mol. The van der Waals surface area contributed by atoms with Gasteiger partial charge in [-0.2, -0.15) is 0 Å². The van der Waals surface area contributed by atoms with Crippen LogP contribution in [0, 0.1) is 11.3 Å². The Morgan fingerprint density at radius 1 is 1.39 bits per heavy atom. The first kappa shape index (κ1) is 15.9. The van der Waals surface area contributed by atoms with Gasteiger partial charge in [0.15, 0.2) is 0 Å². The number of hydrogen-bond donors (Lipinski definition) is 2. The van der Waals surface area contributed by atoms with E-state index in [1.54, 1.807) is 0 Å². The molecule has 1 fully saturated rings. The number of aliphatic hydroxyl groups is 1. The molecule has 0 spiro atoms. The van der Waals surface area contributed by atoms with Crippen molar-refractivity contribution >= 4 is 0 Å². The van der Waals surface area contributed by atoms with Crippen molar-refractivity contribution < 1.29 is 5.11 Å². The van der Waals surface area contributed by atoms with E-state index in [9.17, 15) is 5.11 Å². The van der Waals surface area contributed by atoms with Gasteiger partial charge in [-0.05, 0) is 51.1 Å². The van der Waals surface area contributed by atoms with Gasteiger partial charge in [-0.1, -0.05) is 20.8 Å². The summed E-state index contributed by atoms with van der Waals surface area (Å²) in [7, 11) is 0. The molecule has 0 aromatic heterocycles. The summed E-state index contributed by atoms with van der Waals surface area (Å²) in [5, 5.41) is 13.3. The molecule has 1 saturated heterocycles. The van der Waals surface area contributed by atoms with Crippen molar-refractivity contribution in [2.24, 2.45) is 11.3 Å². The fourth-order valence-corrected chi connectivity index (χ4v) is 2.75. The average Bonchev–Trinajstić information content (AvgIpc) is 2.73. The zero-order valence-electron chi connectivity index (χ0n) is 12.9. The van der Waals surface area contributed by atoms with Gasteiger partial charge in [0.05, 0.1) is 6.10 Å². The predicted molar refractivity (Wildman–Crippen MR) is 77.8 cm³/mol. The van der Waals surface area contributed by atoms with Gasteiger partial charge < -0.3 is 15.3 Å². The molecule has 0 aliphatic carbocycles. The van der Waals surface area contributed by atoms with Crippen molar-refractivity contribution in [3.63, 3.8) is 0 Å². The first-order valence-electron chi connectivity index (χ1n) is 7.50. The third-order valence-electron chi connectivity index (χ3n) is 4.49. The van der Waals surface area contributed by atoms with E-state index in [0.29, 0.717) is 12.0 Å². The molecular weight excluding hydrogens is 224 g/mol. The zero-order chi connectivity index (χ0) is 13.8. The number of rotatable bonds is 7. The minimum Gasteiger partial charge on any atom is -0.393 e. The summed E-state index contributed by atoms with van der Waals surface area (Å²) in [4.78, 5) is 2.52. The van der Waals surface area contributed by atoms with Gasteiger partial charge >= 0.3 is 0 Å². The van der Waals surface area contributed by atoms with Crippen LogP contribution in [0.25, 0.3) is 0 Å². The molecule has 3 atom stereocenters. The average molecular weight is 256 g/mol. The number of likely N-dealkylation sites (tertiary alicyclic amines) is 1. The Bertz CT molecular complexity index is 241. The van der Waals surface area contributed by atoms with Gasteiger partial charge in [0.1, 0.15) is 0 Å². The fraction of sp³-hybridized carbons (Fsp3) is 1.00. The fourth-order valence-electron chi connectivity index (χ4n) is 2.75. The van der Waals surface area contributed by atoms with Crippen molar-refractivity contribution in [3.8, 4) is 0 Å². The lowest BCUT2D eigenvalue weighted by Crippen LogP contribution is -2.46. The van der Waals surface area contributed by atoms with Crippen molar-refractivity contribution in [1.29, 1.82) is 0 Å². The topological polar surface area (TPSA) is 35.5 Å². The first-order valence-corrected chi connectivity index (χ1v) is 7.50. The second-order valence-corrected chi connectivity index (χ2v) is 6.69. The Hall–Kier alpha value is -0.120. The number of nitrogens with zero attached hydrogens (tertiary/aromatic N) is 1. The molecule has 1 aliphatic rings. The molecule has 0 amide bonds. The summed E-state index contributed by atoms with van der Waals surface area (Å²) in [6.07, 6.45) is 2.17. The molecule has 0 radical (unpaired) electrons.